The number of methoxy groups -OCH3 is 1. The van der Waals surface area contributed by atoms with Gasteiger partial charge in [0.25, 0.3) is 0 Å². The first-order valence-electron chi connectivity index (χ1n) is 5.59. The summed E-state index contributed by atoms with van der Waals surface area (Å²) in [6.07, 6.45) is -4.03. The van der Waals surface area contributed by atoms with Crippen molar-refractivity contribution in [3.05, 3.63) is 27.3 Å². The van der Waals surface area contributed by atoms with E-state index in [-0.39, 0.29) is 5.89 Å². The largest absolute Gasteiger partial charge is 0.495 e. The molecule has 0 saturated heterocycles. The molecule has 2 rings (SSSR count). The molecule has 1 aromatic heterocycles. The lowest BCUT2D eigenvalue weighted by atomic mass is 10.2. The number of benzene rings is 1. The molecule has 1 amide bonds. The Labute approximate surface area is 139 Å². The van der Waals surface area contributed by atoms with E-state index < -0.39 is 18.0 Å². The van der Waals surface area contributed by atoms with E-state index in [0.29, 0.717) is 20.3 Å². The predicted octanol–water partition coefficient (Wildman–Crippen LogP) is 4.38. The molecular formula is C12H7Br2F3N2O3. The van der Waals surface area contributed by atoms with Crippen LogP contribution in [0, 0.1) is 0 Å². The molecule has 0 saturated carbocycles. The van der Waals surface area contributed by atoms with E-state index in [1.165, 1.54) is 7.11 Å². The molecule has 0 aliphatic carbocycles. The average Bonchev–Trinajstić information content (AvgIpc) is 2.85. The Morgan fingerprint density at radius 2 is 2.05 bits per heavy atom. The molecule has 0 radical (unpaired) electrons. The quantitative estimate of drug-likeness (QED) is 0.764. The van der Waals surface area contributed by atoms with Crippen molar-refractivity contribution < 1.29 is 27.1 Å². The molecule has 0 atom stereocenters. The van der Waals surface area contributed by atoms with Gasteiger partial charge in [0.15, 0.2) is 0 Å². The minimum Gasteiger partial charge on any atom is -0.495 e. The second-order valence-corrected chi connectivity index (χ2v) is 5.72. The van der Waals surface area contributed by atoms with Crippen LogP contribution in [-0.4, -0.2) is 24.2 Å². The summed E-state index contributed by atoms with van der Waals surface area (Å²) >= 11 is 6.56. The molecular weight excluding hydrogens is 437 g/mol. The average molecular weight is 444 g/mol. The zero-order chi connectivity index (χ0) is 16.5. The summed E-state index contributed by atoms with van der Waals surface area (Å²) in [5, 5.41) is 1.58. The minimum atomic E-state index is -5.01. The molecule has 1 heterocycles. The Kier molecular flexibility index (Phi) is 4.81. The van der Waals surface area contributed by atoms with Gasteiger partial charge in [0.2, 0.25) is 11.8 Å². The normalized spacial score (nSPS) is 11.4. The third-order valence-electron chi connectivity index (χ3n) is 2.44. The SMILES string of the molecule is COc1c(Br)cc(Br)cc1-c1ncc(NC(=O)C(F)(F)F)o1. The monoisotopic (exact) mass is 442 g/mol. The van der Waals surface area contributed by atoms with E-state index in [4.69, 9.17) is 9.15 Å². The van der Waals surface area contributed by atoms with E-state index in [2.05, 4.69) is 36.8 Å². The first-order valence-corrected chi connectivity index (χ1v) is 7.18. The van der Waals surface area contributed by atoms with E-state index in [9.17, 15) is 18.0 Å². The van der Waals surface area contributed by atoms with Crippen LogP contribution in [0.4, 0.5) is 19.1 Å². The van der Waals surface area contributed by atoms with Crippen molar-refractivity contribution in [2.45, 2.75) is 6.18 Å². The Balaban J connectivity index is 2.35. The summed E-state index contributed by atoms with van der Waals surface area (Å²) in [5.41, 5.74) is 0.399. The molecule has 22 heavy (non-hydrogen) atoms. The van der Waals surface area contributed by atoms with Gasteiger partial charge in [-0.05, 0) is 28.1 Å². The number of oxazole rings is 1. The number of hydrogen-bond acceptors (Lipinski definition) is 4. The van der Waals surface area contributed by atoms with Gasteiger partial charge in [-0.15, -0.1) is 0 Å². The molecule has 0 spiro atoms. The number of ether oxygens (including phenoxy) is 1. The van der Waals surface area contributed by atoms with Crippen LogP contribution in [-0.2, 0) is 4.79 Å². The van der Waals surface area contributed by atoms with Gasteiger partial charge in [-0.1, -0.05) is 15.9 Å². The lowest BCUT2D eigenvalue weighted by Crippen LogP contribution is -2.29. The third-order valence-corrected chi connectivity index (χ3v) is 3.49. The summed E-state index contributed by atoms with van der Waals surface area (Å²) in [4.78, 5) is 14.7. The summed E-state index contributed by atoms with van der Waals surface area (Å²) in [7, 11) is 1.42. The molecule has 0 bridgehead atoms. The van der Waals surface area contributed by atoms with Gasteiger partial charge in [-0.25, -0.2) is 4.98 Å². The highest BCUT2D eigenvalue weighted by atomic mass is 79.9. The molecule has 2 aromatic rings. The van der Waals surface area contributed by atoms with Crippen LogP contribution < -0.4 is 10.1 Å². The fourth-order valence-electron chi connectivity index (χ4n) is 1.57. The number of carbonyl (C=O) groups excluding carboxylic acids is 1. The third kappa shape index (κ3) is 3.61. The molecule has 0 aliphatic rings. The van der Waals surface area contributed by atoms with Crippen LogP contribution >= 0.6 is 31.9 Å². The number of rotatable bonds is 3. The van der Waals surface area contributed by atoms with Gasteiger partial charge in [0.1, 0.15) is 5.75 Å². The van der Waals surface area contributed by atoms with Crippen molar-refractivity contribution in [2.24, 2.45) is 0 Å². The summed E-state index contributed by atoms with van der Waals surface area (Å²) < 4.78 is 48.1. The van der Waals surface area contributed by atoms with Crippen molar-refractivity contribution in [3.8, 4) is 17.2 Å². The minimum absolute atomic E-state index is 0.00340. The Morgan fingerprint density at radius 3 is 2.64 bits per heavy atom. The number of amides is 1. The number of hydrogen-bond donors (Lipinski definition) is 1. The standard InChI is InChI=1S/C12H7Br2F3N2O3/c1-21-9-6(2-5(13)3-7(9)14)10-18-4-8(22-10)19-11(20)12(15,16)17/h2-4H,1H3,(H,19,20). The van der Waals surface area contributed by atoms with Crippen LogP contribution in [0.1, 0.15) is 0 Å². The maximum atomic E-state index is 12.2. The highest BCUT2D eigenvalue weighted by Crippen LogP contribution is 2.39. The Morgan fingerprint density at radius 1 is 1.36 bits per heavy atom. The molecule has 118 valence electrons. The Hall–Kier alpha value is -1.55. The molecule has 0 aliphatic heterocycles. The summed E-state index contributed by atoms with van der Waals surface area (Å²) in [5.74, 6) is -2.18. The molecule has 1 N–H and O–H groups in total. The first-order chi connectivity index (χ1) is 10.2. The van der Waals surface area contributed by atoms with Crippen LogP contribution in [0.3, 0.4) is 0 Å². The smallest absolute Gasteiger partial charge is 0.471 e. The lowest BCUT2D eigenvalue weighted by molar-refractivity contribution is -0.167. The van der Waals surface area contributed by atoms with Crippen LogP contribution in [0.5, 0.6) is 5.75 Å². The molecule has 0 fully saturated rings. The van der Waals surface area contributed by atoms with Crippen LogP contribution in [0.2, 0.25) is 0 Å². The van der Waals surface area contributed by atoms with E-state index in [1.54, 1.807) is 17.4 Å². The van der Waals surface area contributed by atoms with Crippen molar-refractivity contribution in [3.63, 3.8) is 0 Å². The highest BCUT2D eigenvalue weighted by Gasteiger charge is 2.39. The number of alkyl halides is 3. The number of halogens is 5. The van der Waals surface area contributed by atoms with Crippen molar-refractivity contribution in [1.29, 1.82) is 0 Å². The fraction of sp³-hybridized carbons (Fsp3) is 0.167. The van der Waals surface area contributed by atoms with Gasteiger partial charge in [0.05, 0.1) is 23.3 Å². The number of nitrogens with one attached hydrogen (secondary N) is 1. The van der Waals surface area contributed by atoms with Crippen molar-refractivity contribution >= 4 is 43.7 Å². The Bertz CT molecular complexity index is 716. The number of nitrogens with zero attached hydrogens (tertiary/aromatic N) is 1. The van der Waals surface area contributed by atoms with E-state index in [1.807, 2.05) is 0 Å². The summed E-state index contributed by atoms with van der Waals surface area (Å²) in [6, 6.07) is 3.34. The van der Waals surface area contributed by atoms with Crippen LogP contribution in [0.25, 0.3) is 11.5 Å². The van der Waals surface area contributed by atoms with Crippen molar-refractivity contribution in [1.82, 2.24) is 4.98 Å². The van der Waals surface area contributed by atoms with Gasteiger partial charge in [0, 0.05) is 4.47 Å². The highest BCUT2D eigenvalue weighted by molar-refractivity contribution is 9.11. The van der Waals surface area contributed by atoms with Gasteiger partial charge >= 0.3 is 12.1 Å². The molecule has 5 nitrogen and oxygen atoms in total. The fourth-order valence-corrected chi connectivity index (χ4v) is 2.95. The topological polar surface area (TPSA) is 64.4 Å². The number of aromatic nitrogens is 1. The van der Waals surface area contributed by atoms with Gasteiger partial charge in [-0.2, -0.15) is 13.2 Å². The van der Waals surface area contributed by atoms with E-state index in [0.717, 1.165) is 6.20 Å². The number of carbonyl (C=O) groups is 1. The maximum Gasteiger partial charge on any atom is 0.471 e. The maximum absolute atomic E-state index is 12.2. The van der Waals surface area contributed by atoms with Gasteiger partial charge < -0.3 is 9.15 Å². The summed E-state index contributed by atoms with van der Waals surface area (Å²) in [6.45, 7) is 0. The van der Waals surface area contributed by atoms with Gasteiger partial charge in [-0.3, -0.25) is 10.1 Å². The zero-order valence-corrected chi connectivity index (χ0v) is 14.0. The lowest BCUT2D eigenvalue weighted by Gasteiger charge is -2.08. The second kappa shape index (κ2) is 6.29. The first kappa shape index (κ1) is 16.8. The molecule has 1 aromatic carbocycles. The molecule has 0 unspecified atom stereocenters. The predicted molar refractivity (Wildman–Crippen MR) is 78.6 cm³/mol. The van der Waals surface area contributed by atoms with Crippen molar-refractivity contribution in [2.75, 3.05) is 12.4 Å². The molecule has 10 heteroatoms. The number of anilines is 1. The van der Waals surface area contributed by atoms with E-state index >= 15 is 0 Å². The second-order valence-electron chi connectivity index (χ2n) is 3.95. The zero-order valence-electron chi connectivity index (χ0n) is 10.8. The van der Waals surface area contributed by atoms with Crippen LogP contribution in [0.15, 0.2) is 31.7 Å².